The topological polar surface area (TPSA) is 30.5 Å². The molecule has 1 N–H and O–H groups in total. The molecule has 1 aromatic carbocycles. The Morgan fingerprint density at radius 1 is 1.28 bits per heavy atom. The van der Waals surface area contributed by atoms with Gasteiger partial charge in [0.15, 0.2) is 0 Å². The standard InChI is InChI=1S/C14H20FNO2/c15-12-4-6-13(7-5-12)16-8-10-17-11-14-3-1-2-9-18-14/h4-7,14,16H,1-3,8-11H2. The molecule has 1 aliphatic rings. The maximum atomic E-state index is 12.7. The van der Waals surface area contributed by atoms with Gasteiger partial charge in [0, 0.05) is 18.8 Å². The molecule has 1 saturated heterocycles. The van der Waals surface area contributed by atoms with Crippen LogP contribution in [0.25, 0.3) is 0 Å². The Kier molecular flexibility index (Phi) is 5.42. The van der Waals surface area contributed by atoms with Crippen LogP contribution in [0.3, 0.4) is 0 Å². The fourth-order valence-electron chi connectivity index (χ4n) is 1.99. The molecule has 100 valence electrons. The van der Waals surface area contributed by atoms with Crippen LogP contribution in [0.1, 0.15) is 19.3 Å². The molecule has 1 aliphatic heterocycles. The SMILES string of the molecule is Fc1ccc(NCCOCC2CCCCO2)cc1. The fourth-order valence-corrected chi connectivity index (χ4v) is 1.99. The first kappa shape index (κ1) is 13.3. The Morgan fingerprint density at radius 3 is 2.83 bits per heavy atom. The van der Waals surface area contributed by atoms with E-state index in [9.17, 15) is 4.39 Å². The summed E-state index contributed by atoms with van der Waals surface area (Å²) in [4.78, 5) is 0. The lowest BCUT2D eigenvalue weighted by Gasteiger charge is -2.22. The number of hydrogen-bond donors (Lipinski definition) is 1. The Hall–Kier alpha value is -1.13. The highest BCUT2D eigenvalue weighted by Gasteiger charge is 2.13. The average molecular weight is 253 g/mol. The zero-order chi connectivity index (χ0) is 12.6. The van der Waals surface area contributed by atoms with E-state index in [0.29, 0.717) is 13.2 Å². The average Bonchev–Trinajstić information content (AvgIpc) is 2.42. The minimum atomic E-state index is -0.216. The molecule has 4 heteroatoms. The summed E-state index contributed by atoms with van der Waals surface area (Å²) in [6.45, 7) is 2.89. The lowest BCUT2D eigenvalue weighted by Crippen LogP contribution is -2.25. The molecule has 1 fully saturated rings. The first-order valence-corrected chi connectivity index (χ1v) is 6.53. The summed E-state index contributed by atoms with van der Waals surface area (Å²) in [7, 11) is 0. The van der Waals surface area contributed by atoms with Crippen LogP contribution in [0.2, 0.25) is 0 Å². The molecule has 18 heavy (non-hydrogen) atoms. The van der Waals surface area contributed by atoms with Gasteiger partial charge in [-0.05, 0) is 43.5 Å². The molecular weight excluding hydrogens is 233 g/mol. The number of hydrogen-bond acceptors (Lipinski definition) is 3. The van der Waals surface area contributed by atoms with Crippen LogP contribution in [0.15, 0.2) is 24.3 Å². The summed E-state index contributed by atoms with van der Waals surface area (Å²) >= 11 is 0. The quantitative estimate of drug-likeness (QED) is 0.791. The third-order valence-corrected chi connectivity index (χ3v) is 3.00. The van der Waals surface area contributed by atoms with Crippen molar-refractivity contribution < 1.29 is 13.9 Å². The molecule has 0 bridgehead atoms. The van der Waals surface area contributed by atoms with E-state index in [4.69, 9.17) is 9.47 Å². The second kappa shape index (κ2) is 7.34. The fraction of sp³-hybridized carbons (Fsp3) is 0.571. The van der Waals surface area contributed by atoms with E-state index in [1.807, 2.05) is 0 Å². The second-order valence-electron chi connectivity index (χ2n) is 4.50. The normalized spacial score (nSPS) is 19.7. The molecule has 0 saturated carbocycles. The van der Waals surface area contributed by atoms with Crippen molar-refractivity contribution in [2.45, 2.75) is 25.4 Å². The van der Waals surface area contributed by atoms with Gasteiger partial charge < -0.3 is 14.8 Å². The van der Waals surface area contributed by atoms with Crippen LogP contribution < -0.4 is 5.32 Å². The molecule has 0 amide bonds. The van der Waals surface area contributed by atoms with Gasteiger partial charge in [-0.2, -0.15) is 0 Å². The molecule has 1 unspecified atom stereocenters. The van der Waals surface area contributed by atoms with E-state index in [-0.39, 0.29) is 11.9 Å². The van der Waals surface area contributed by atoms with E-state index in [0.717, 1.165) is 25.3 Å². The number of rotatable bonds is 6. The van der Waals surface area contributed by atoms with Crippen molar-refractivity contribution >= 4 is 5.69 Å². The monoisotopic (exact) mass is 253 g/mol. The molecule has 0 aromatic heterocycles. The zero-order valence-electron chi connectivity index (χ0n) is 10.5. The van der Waals surface area contributed by atoms with Crippen molar-refractivity contribution in [3.63, 3.8) is 0 Å². The van der Waals surface area contributed by atoms with Crippen LogP contribution in [-0.2, 0) is 9.47 Å². The Balaban J connectivity index is 1.54. The van der Waals surface area contributed by atoms with E-state index < -0.39 is 0 Å². The lowest BCUT2D eigenvalue weighted by molar-refractivity contribution is -0.0387. The molecule has 0 spiro atoms. The molecule has 0 radical (unpaired) electrons. The Morgan fingerprint density at radius 2 is 2.11 bits per heavy atom. The predicted octanol–water partition coefficient (Wildman–Crippen LogP) is 2.82. The number of halogens is 1. The third-order valence-electron chi connectivity index (χ3n) is 3.00. The molecule has 1 atom stereocenters. The van der Waals surface area contributed by atoms with Gasteiger partial charge in [0.1, 0.15) is 5.82 Å². The van der Waals surface area contributed by atoms with Gasteiger partial charge in [-0.3, -0.25) is 0 Å². The second-order valence-corrected chi connectivity index (χ2v) is 4.50. The van der Waals surface area contributed by atoms with Crippen molar-refractivity contribution in [1.29, 1.82) is 0 Å². The van der Waals surface area contributed by atoms with Gasteiger partial charge in [-0.15, -0.1) is 0 Å². The van der Waals surface area contributed by atoms with Crippen LogP contribution >= 0.6 is 0 Å². The van der Waals surface area contributed by atoms with Gasteiger partial charge in [0.05, 0.1) is 19.3 Å². The number of anilines is 1. The highest BCUT2D eigenvalue weighted by atomic mass is 19.1. The maximum Gasteiger partial charge on any atom is 0.123 e. The Bertz CT molecular complexity index is 336. The largest absolute Gasteiger partial charge is 0.383 e. The maximum absolute atomic E-state index is 12.7. The van der Waals surface area contributed by atoms with Crippen molar-refractivity contribution in [2.24, 2.45) is 0 Å². The number of benzene rings is 1. The van der Waals surface area contributed by atoms with Gasteiger partial charge >= 0.3 is 0 Å². The minimum Gasteiger partial charge on any atom is -0.383 e. The highest BCUT2D eigenvalue weighted by Crippen LogP contribution is 2.12. The van der Waals surface area contributed by atoms with E-state index in [1.165, 1.54) is 25.0 Å². The zero-order valence-corrected chi connectivity index (χ0v) is 10.5. The summed E-state index contributed by atoms with van der Waals surface area (Å²) < 4.78 is 23.8. The summed E-state index contributed by atoms with van der Waals surface area (Å²) in [5, 5.41) is 3.18. The molecule has 0 aliphatic carbocycles. The van der Waals surface area contributed by atoms with E-state index >= 15 is 0 Å². The Labute approximate surface area is 107 Å². The first-order valence-electron chi connectivity index (χ1n) is 6.53. The van der Waals surface area contributed by atoms with Crippen molar-refractivity contribution in [2.75, 3.05) is 31.7 Å². The van der Waals surface area contributed by atoms with E-state index in [1.54, 1.807) is 12.1 Å². The highest BCUT2D eigenvalue weighted by molar-refractivity contribution is 5.42. The van der Waals surface area contributed by atoms with Crippen LogP contribution in [0.4, 0.5) is 10.1 Å². The molecule has 2 rings (SSSR count). The van der Waals surface area contributed by atoms with Gasteiger partial charge in [-0.1, -0.05) is 0 Å². The predicted molar refractivity (Wildman–Crippen MR) is 69.3 cm³/mol. The van der Waals surface area contributed by atoms with Crippen molar-refractivity contribution in [1.82, 2.24) is 0 Å². The third kappa shape index (κ3) is 4.63. The van der Waals surface area contributed by atoms with Crippen molar-refractivity contribution in [3.05, 3.63) is 30.1 Å². The lowest BCUT2D eigenvalue weighted by atomic mass is 10.1. The number of nitrogens with one attached hydrogen (secondary N) is 1. The van der Waals surface area contributed by atoms with Crippen LogP contribution in [0, 0.1) is 5.82 Å². The minimum absolute atomic E-state index is 0.216. The summed E-state index contributed by atoms with van der Waals surface area (Å²) in [6, 6.07) is 6.33. The molecular formula is C14H20FNO2. The van der Waals surface area contributed by atoms with Crippen LogP contribution in [-0.4, -0.2) is 32.5 Å². The van der Waals surface area contributed by atoms with Gasteiger partial charge in [0.25, 0.3) is 0 Å². The molecule has 1 heterocycles. The van der Waals surface area contributed by atoms with Crippen molar-refractivity contribution in [3.8, 4) is 0 Å². The number of ether oxygens (including phenoxy) is 2. The van der Waals surface area contributed by atoms with Gasteiger partial charge in [0.2, 0.25) is 0 Å². The molecule has 3 nitrogen and oxygen atoms in total. The summed E-state index contributed by atoms with van der Waals surface area (Å²) in [6.07, 6.45) is 3.78. The van der Waals surface area contributed by atoms with Crippen LogP contribution in [0.5, 0.6) is 0 Å². The van der Waals surface area contributed by atoms with E-state index in [2.05, 4.69) is 5.32 Å². The molecule has 1 aromatic rings. The smallest absolute Gasteiger partial charge is 0.123 e. The van der Waals surface area contributed by atoms with Gasteiger partial charge in [-0.25, -0.2) is 4.39 Å². The first-order chi connectivity index (χ1) is 8.84. The summed E-state index contributed by atoms with van der Waals surface area (Å²) in [5.41, 5.74) is 0.911. The summed E-state index contributed by atoms with van der Waals surface area (Å²) in [5.74, 6) is -0.216.